The van der Waals surface area contributed by atoms with Crippen molar-refractivity contribution in [3.8, 4) is 0 Å². The van der Waals surface area contributed by atoms with Crippen LogP contribution in [0.5, 0.6) is 0 Å². The second kappa shape index (κ2) is 7.71. The first-order valence-electron chi connectivity index (χ1n) is 9.88. The number of nitrogens with zero attached hydrogens (tertiary/aromatic N) is 2. The highest BCUT2D eigenvalue weighted by atomic mass is 16.5. The number of piperidine rings is 1. The van der Waals surface area contributed by atoms with Gasteiger partial charge in [0.25, 0.3) is 0 Å². The predicted octanol–water partition coefficient (Wildman–Crippen LogP) is 2.29. The van der Waals surface area contributed by atoms with E-state index in [0.29, 0.717) is 11.9 Å². The van der Waals surface area contributed by atoms with Gasteiger partial charge in [-0.1, -0.05) is 0 Å². The van der Waals surface area contributed by atoms with Gasteiger partial charge in [-0.15, -0.1) is 0 Å². The molecule has 6 nitrogen and oxygen atoms in total. The summed E-state index contributed by atoms with van der Waals surface area (Å²) in [5.41, 5.74) is -0.0471. The number of likely N-dealkylation sites (N-methyl/N-ethyl adjacent to an activating group) is 1. The number of carbonyl (C=O) groups is 1. The van der Waals surface area contributed by atoms with Crippen molar-refractivity contribution in [3.63, 3.8) is 0 Å². The molecule has 3 saturated heterocycles. The van der Waals surface area contributed by atoms with E-state index in [1.807, 2.05) is 12.1 Å². The molecule has 0 radical (unpaired) electrons. The van der Waals surface area contributed by atoms with E-state index in [1.54, 1.807) is 6.26 Å². The van der Waals surface area contributed by atoms with Gasteiger partial charge in [0, 0.05) is 38.3 Å². The van der Waals surface area contributed by atoms with Crippen LogP contribution in [0.2, 0.25) is 0 Å². The maximum absolute atomic E-state index is 12.7. The van der Waals surface area contributed by atoms with Crippen LogP contribution in [0.4, 0.5) is 0 Å². The molecule has 6 heteroatoms. The Hall–Kier alpha value is -1.37. The number of furan rings is 1. The molecule has 1 spiro atoms. The highest BCUT2D eigenvalue weighted by Gasteiger charge is 2.45. The molecule has 1 atom stereocenters. The van der Waals surface area contributed by atoms with Crippen molar-refractivity contribution in [1.82, 2.24) is 9.80 Å². The number of hydrogen-bond donors (Lipinski definition) is 0. The van der Waals surface area contributed by atoms with Crippen LogP contribution >= 0.6 is 0 Å². The number of ether oxygens (including phenoxy) is 2. The van der Waals surface area contributed by atoms with Crippen LogP contribution in [-0.4, -0.2) is 67.3 Å². The third-order valence-corrected chi connectivity index (χ3v) is 6.36. The Labute approximate surface area is 155 Å². The molecule has 1 aromatic rings. The van der Waals surface area contributed by atoms with Crippen molar-refractivity contribution in [2.75, 3.05) is 40.0 Å². The van der Waals surface area contributed by atoms with Crippen molar-refractivity contribution >= 4 is 5.91 Å². The first-order chi connectivity index (χ1) is 12.7. The lowest BCUT2D eigenvalue weighted by Crippen LogP contribution is -2.49. The van der Waals surface area contributed by atoms with Gasteiger partial charge < -0.3 is 18.8 Å². The summed E-state index contributed by atoms with van der Waals surface area (Å²) in [6, 6.07) is 4.36. The largest absolute Gasteiger partial charge is 0.468 e. The lowest BCUT2D eigenvalue weighted by molar-refractivity contribution is -0.143. The van der Waals surface area contributed by atoms with Crippen LogP contribution in [0, 0.1) is 5.92 Å². The molecule has 1 amide bonds. The minimum absolute atomic E-state index is 0.0471. The van der Waals surface area contributed by atoms with Crippen LogP contribution in [0.25, 0.3) is 0 Å². The van der Waals surface area contributed by atoms with Gasteiger partial charge in [-0.3, -0.25) is 9.69 Å². The van der Waals surface area contributed by atoms with Crippen molar-refractivity contribution in [2.45, 2.75) is 50.3 Å². The summed E-state index contributed by atoms with van der Waals surface area (Å²) < 4.78 is 17.1. The van der Waals surface area contributed by atoms with E-state index in [-0.39, 0.29) is 11.5 Å². The Bertz CT molecular complexity index is 589. The highest BCUT2D eigenvalue weighted by molar-refractivity contribution is 5.79. The number of likely N-dealkylation sites (tertiary alicyclic amines) is 1. The summed E-state index contributed by atoms with van der Waals surface area (Å²) in [6.07, 6.45) is 6.41. The fourth-order valence-corrected chi connectivity index (χ4v) is 4.57. The molecule has 0 aromatic carbocycles. The number of hydrogen-bond acceptors (Lipinski definition) is 5. The zero-order valence-electron chi connectivity index (χ0n) is 15.7. The Morgan fingerprint density at radius 1 is 1.31 bits per heavy atom. The van der Waals surface area contributed by atoms with Crippen LogP contribution in [0.1, 0.15) is 37.9 Å². The third kappa shape index (κ3) is 3.82. The van der Waals surface area contributed by atoms with Gasteiger partial charge in [-0.2, -0.15) is 0 Å². The minimum atomic E-state index is -0.0471. The topological polar surface area (TPSA) is 55.2 Å². The van der Waals surface area contributed by atoms with Crippen molar-refractivity contribution < 1.29 is 18.7 Å². The minimum Gasteiger partial charge on any atom is -0.468 e. The van der Waals surface area contributed by atoms with E-state index in [9.17, 15) is 4.79 Å². The Morgan fingerprint density at radius 3 is 2.77 bits per heavy atom. The van der Waals surface area contributed by atoms with E-state index in [1.165, 1.54) is 0 Å². The van der Waals surface area contributed by atoms with E-state index >= 15 is 0 Å². The average molecular weight is 362 g/mol. The highest BCUT2D eigenvalue weighted by Crippen LogP contribution is 2.38. The van der Waals surface area contributed by atoms with Gasteiger partial charge in [0.1, 0.15) is 5.76 Å². The smallest absolute Gasteiger partial charge is 0.225 e. The first-order valence-corrected chi connectivity index (χ1v) is 9.88. The van der Waals surface area contributed by atoms with E-state index in [4.69, 9.17) is 13.9 Å². The summed E-state index contributed by atoms with van der Waals surface area (Å²) in [5, 5.41) is 0. The van der Waals surface area contributed by atoms with Gasteiger partial charge in [-0.05, 0) is 51.3 Å². The molecule has 1 aromatic heterocycles. The summed E-state index contributed by atoms with van der Waals surface area (Å²) in [6.45, 7) is 4.67. The quantitative estimate of drug-likeness (QED) is 0.823. The molecule has 3 fully saturated rings. The summed E-state index contributed by atoms with van der Waals surface area (Å²) >= 11 is 0. The van der Waals surface area contributed by atoms with Crippen molar-refractivity contribution in [2.24, 2.45) is 5.92 Å². The lowest BCUT2D eigenvalue weighted by atomic mass is 9.86. The second-order valence-electron chi connectivity index (χ2n) is 8.06. The molecule has 3 aliphatic heterocycles. The normalized spacial score (nSPS) is 26.7. The molecular formula is C20H30N2O4. The SMILES string of the molecule is CN(Cc1ccco1)[C@@H]1COC2(CCN(C(=O)C3CCOCC3)CC2)C1. The number of rotatable bonds is 4. The summed E-state index contributed by atoms with van der Waals surface area (Å²) in [4.78, 5) is 17.1. The Morgan fingerprint density at radius 2 is 2.08 bits per heavy atom. The number of carbonyl (C=O) groups excluding carboxylic acids is 1. The molecule has 0 aliphatic carbocycles. The molecule has 0 bridgehead atoms. The first kappa shape index (κ1) is 18.0. The van der Waals surface area contributed by atoms with Gasteiger partial charge in [0.05, 0.1) is 25.0 Å². The van der Waals surface area contributed by atoms with Crippen LogP contribution in [0.3, 0.4) is 0 Å². The summed E-state index contributed by atoms with van der Waals surface area (Å²) in [7, 11) is 2.14. The standard InChI is InChI=1S/C20H30N2O4/c1-21(14-18-3-2-10-25-18)17-13-20(26-15-17)6-8-22(9-7-20)19(23)16-4-11-24-12-5-16/h2-3,10,16-17H,4-9,11-15H2,1H3/t17-/m0/s1. The molecule has 0 N–H and O–H groups in total. The van der Waals surface area contributed by atoms with Gasteiger partial charge in [-0.25, -0.2) is 0 Å². The van der Waals surface area contributed by atoms with Crippen molar-refractivity contribution in [1.29, 1.82) is 0 Å². The fourth-order valence-electron chi connectivity index (χ4n) is 4.57. The Balaban J connectivity index is 1.28. The molecule has 4 rings (SSSR count). The Kier molecular flexibility index (Phi) is 5.34. The van der Waals surface area contributed by atoms with Crippen LogP contribution in [0.15, 0.2) is 22.8 Å². The predicted molar refractivity (Wildman–Crippen MR) is 96.6 cm³/mol. The lowest BCUT2D eigenvalue weighted by Gasteiger charge is -2.40. The maximum atomic E-state index is 12.7. The second-order valence-corrected chi connectivity index (χ2v) is 8.06. The average Bonchev–Trinajstić information content (AvgIpc) is 3.33. The number of amides is 1. The van der Waals surface area contributed by atoms with Gasteiger partial charge >= 0.3 is 0 Å². The van der Waals surface area contributed by atoms with Crippen LogP contribution < -0.4 is 0 Å². The molecule has 144 valence electrons. The van der Waals surface area contributed by atoms with Gasteiger partial charge in [0.15, 0.2) is 0 Å². The molecule has 4 heterocycles. The van der Waals surface area contributed by atoms with E-state index < -0.39 is 0 Å². The fraction of sp³-hybridized carbons (Fsp3) is 0.750. The molecular weight excluding hydrogens is 332 g/mol. The van der Waals surface area contributed by atoms with E-state index in [0.717, 1.165) is 77.3 Å². The zero-order valence-corrected chi connectivity index (χ0v) is 15.7. The molecule has 0 saturated carbocycles. The van der Waals surface area contributed by atoms with Crippen LogP contribution in [-0.2, 0) is 20.8 Å². The maximum Gasteiger partial charge on any atom is 0.225 e. The summed E-state index contributed by atoms with van der Waals surface area (Å²) in [5.74, 6) is 1.48. The third-order valence-electron chi connectivity index (χ3n) is 6.36. The van der Waals surface area contributed by atoms with Crippen molar-refractivity contribution in [3.05, 3.63) is 24.2 Å². The molecule has 26 heavy (non-hydrogen) atoms. The monoisotopic (exact) mass is 362 g/mol. The zero-order chi connectivity index (χ0) is 18.0. The molecule has 0 unspecified atom stereocenters. The van der Waals surface area contributed by atoms with E-state index in [2.05, 4.69) is 16.8 Å². The van der Waals surface area contributed by atoms with Gasteiger partial charge in [0.2, 0.25) is 5.91 Å². The molecule has 3 aliphatic rings.